The average molecular weight is 188 g/mol. The SMILES string of the molecule is C[C@@H](N)C(=O)NCC1COCCO1. The van der Waals surface area contributed by atoms with Gasteiger partial charge in [-0.25, -0.2) is 0 Å². The molecule has 1 unspecified atom stereocenters. The number of hydrogen-bond acceptors (Lipinski definition) is 4. The van der Waals surface area contributed by atoms with Crippen molar-refractivity contribution >= 4 is 5.91 Å². The predicted octanol–water partition coefficient (Wildman–Crippen LogP) is -1.13. The maximum atomic E-state index is 11.1. The maximum Gasteiger partial charge on any atom is 0.236 e. The molecule has 0 spiro atoms. The van der Waals surface area contributed by atoms with Gasteiger partial charge in [0, 0.05) is 6.54 Å². The molecule has 1 saturated heterocycles. The number of ether oxygens (including phenoxy) is 2. The zero-order valence-corrected chi connectivity index (χ0v) is 7.79. The van der Waals surface area contributed by atoms with E-state index in [-0.39, 0.29) is 12.0 Å². The van der Waals surface area contributed by atoms with Crippen molar-refractivity contribution in [2.24, 2.45) is 5.73 Å². The van der Waals surface area contributed by atoms with E-state index in [1.54, 1.807) is 6.92 Å². The first-order valence-electron chi connectivity index (χ1n) is 4.43. The summed E-state index contributed by atoms with van der Waals surface area (Å²) in [4.78, 5) is 11.1. The van der Waals surface area contributed by atoms with Gasteiger partial charge >= 0.3 is 0 Å². The second-order valence-corrected chi connectivity index (χ2v) is 3.10. The molecule has 5 nitrogen and oxygen atoms in total. The molecule has 0 radical (unpaired) electrons. The number of carbonyl (C=O) groups is 1. The fraction of sp³-hybridized carbons (Fsp3) is 0.875. The van der Waals surface area contributed by atoms with E-state index in [0.29, 0.717) is 26.4 Å². The lowest BCUT2D eigenvalue weighted by Gasteiger charge is -2.23. The molecule has 1 fully saturated rings. The van der Waals surface area contributed by atoms with Crippen LogP contribution in [0.1, 0.15) is 6.92 Å². The van der Waals surface area contributed by atoms with Crippen molar-refractivity contribution in [2.45, 2.75) is 19.1 Å². The highest BCUT2D eigenvalue weighted by atomic mass is 16.6. The topological polar surface area (TPSA) is 73.6 Å². The quantitative estimate of drug-likeness (QED) is 0.587. The van der Waals surface area contributed by atoms with E-state index in [1.165, 1.54) is 0 Å². The fourth-order valence-electron chi connectivity index (χ4n) is 1.03. The molecular formula is C8H16N2O3. The zero-order chi connectivity index (χ0) is 9.68. The molecule has 0 aromatic heterocycles. The Hall–Kier alpha value is -0.650. The number of amides is 1. The van der Waals surface area contributed by atoms with E-state index in [0.717, 1.165) is 0 Å². The predicted molar refractivity (Wildman–Crippen MR) is 47.2 cm³/mol. The number of nitrogens with one attached hydrogen (secondary N) is 1. The molecule has 0 saturated carbocycles. The normalized spacial score (nSPS) is 25.2. The highest BCUT2D eigenvalue weighted by Gasteiger charge is 2.15. The van der Waals surface area contributed by atoms with Crippen LogP contribution >= 0.6 is 0 Å². The molecule has 1 heterocycles. The summed E-state index contributed by atoms with van der Waals surface area (Å²) in [7, 11) is 0. The largest absolute Gasteiger partial charge is 0.376 e. The third-order valence-corrected chi connectivity index (χ3v) is 1.80. The highest BCUT2D eigenvalue weighted by Crippen LogP contribution is 1.98. The monoisotopic (exact) mass is 188 g/mol. The van der Waals surface area contributed by atoms with Crippen molar-refractivity contribution < 1.29 is 14.3 Å². The van der Waals surface area contributed by atoms with Crippen LogP contribution in [-0.4, -0.2) is 44.4 Å². The molecular weight excluding hydrogens is 172 g/mol. The molecule has 1 rings (SSSR count). The number of carbonyl (C=O) groups excluding carboxylic acids is 1. The summed E-state index contributed by atoms with van der Waals surface area (Å²) in [5.41, 5.74) is 5.37. The molecule has 0 bridgehead atoms. The zero-order valence-electron chi connectivity index (χ0n) is 7.79. The van der Waals surface area contributed by atoms with Crippen molar-refractivity contribution in [1.29, 1.82) is 0 Å². The first kappa shape index (κ1) is 10.4. The van der Waals surface area contributed by atoms with Gasteiger partial charge in [-0.05, 0) is 6.92 Å². The molecule has 0 aromatic carbocycles. The standard InChI is InChI=1S/C8H16N2O3/c1-6(9)8(11)10-4-7-5-12-2-3-13-7/h6-7H,2-5,9H2,1H3,(H,10,11)/t6-,7?/m1/s1. The van der Waals surface area contributed by atoms with Gasteiger partial charge in [-0.3, -0.25) is 4.79 Å². The third-order valence-electron chi connectivity index (χ3n) is 1.80. The Balaban J connectivity index is 2.13. The lowest BCUT2D eigenvalue weighted by molar-refractivity contribution is -0.124. The van der Waals surface area contributed by atoms with Gasteiger partial charge in [-0.15, -0.1) is 0 Å². The Morgan fingerprint density at radius 1 is 1.69 bits per heavy atom. The number of rotatable bonds is 3. The van der Waals surface area contributed by atoms with Gasteiger partial charge in [0.25, 0.3) is 0 Å². The van der Waals surface area contributed by atoms with Gasteiger partial charge in [0.15, 0.2) is 0 Å². The van der Waals surface area contributed by atoms with E-state index in [4.69, 9.17) is 15.2 Å². The first-order chi connectivity index (χ1) is 6.20. The highest BCUT2D eigenvalue weighted by molar-refractivity contribution is 5.80. The summed E-state index contributed by atoms with van der Waals surface area (Å²) in [5.74, 6) is -0.158. The minimum Gasteiger partial charge on any atom is -0.376 e. The van der Waals surface area contributed by atoms with Crippen LogP contribution in [0.5, 0.6) is 0 Å². The van der Waals surface area contributed by atoms with Crippen molar-refractivity contribution in [2.75, 3.05) is 26.4 Å². The summed E-state index contributed by atoms with van der Waals surface area (Å²) < 4.78 is 10.5. The number of nitrogens with two attached hydrogens (primary N) is 1. The van der Waals surface area contributed by atoms with E-state index in [2.05, 4.69) is 5.32 Å². The van der Waals surface area contributed by atoms with E-state index in [1.807, 2.05) is 0 Å². The molecule has 76 valence electrons. The van der Waals surface area contributed by atoms with Crippen LogP contribution in [0, 0.1) is 0 Å². The van der Waals surface area contributed by atoms with Crippen molar-refractivity contribution in [3.05, 3.63) is 0 Å². The average Bonchev–Trinajstić information content (AvgIpc) is 2.15. The number of hydrogen-bond donors (Lipinski definition) is 2. The molecule has 13 heavy (non-hydrogen) atoms. The molecule has 1 aliphatic rings. The summed E-state index contributed by atoms with van der Waals surface area (Å²) >= 11 is 0. The van der Waals surface area contributed by atoms with Crippen LogP contribution < -0.4 is 11.1 Å². The van der Waals surface area contributed by atoms with E-state index < -0.39 is 6.04 Å². The van der Waals surface area contributed by atoms with Crippen LogP contribution in [0.2, 0.25) is 0 Å². The molecule has 5 heteroatoms. The molecule has 1 amide bonds. The summed E-state index contributed by atoms with van der Waals surface area (Å²) in [6.45, 7) is 3.89. The van der Waals surface area contributed by atoms with Gasteiger partial charge < -0.3 is 20.5 Å². The van der Waals surface area contributed by atoms with Crippen LogP contribution in [0.3, 0.4) is 0 Å². The van der Waals surface area contributed by atoms with Gasteiger partial charge in [0.05, 0.1) is 32.0 Å². The van der Waals surface area contributed by atoms with Gasteiger partial charge in [-0.1, -0.05) is 0 Å². The Morgan fingerprint density at radius 3 is 3.00 bits per heavy atom. The Labute approximate surface area is 77.6 Å². The lowest BCUT2D eigenvalue weighted by Crippen LogP contribution is -2.44. The summed E-state index contributed by atoms with van der Waals surface area (Å²) in [6, 6.07) is -0.468. The van der Waals surface area contributed by atoms with Crippen molar-refractivity contribution in [3.8, 4) is 0 Å². The van der Waals surface area contributed by atoms with Crippen LogP contribution in [0.15, 0.2) is 0 Å². The third kappa shape index (κ3) is 3.71. The Kier molecular flexibility index (Phi) is 4.14. The van der Waals surface area contributed by atoms with E-state index >= 15 is 0 Å². The molecule has 0 aromatic rings. The maximum absolute atomic E-state index is 11.1. The van der Waals surface area contributed by atoms with E-state index in [9.17, 15) is 4.79 Å². The van der Waals surface area contributed by atoms with Gasteiger partial charge in [0.1, 0.15) is 0 Å². The molecule has 2 atom stereocenters. The second-order valence-electron chi connectivity index (χ2n) is 3.10. The van der Waals surface area contributed by atoms with Crippen molar-refractivity contribution in [1.82, 2.24) is 5.32 Å². The molecule has 1 aliphatic heterocycles. The minimum atomic E-state index is -0.468. The second kappa shape index (κ2) is 5.16. The van der Waals surface area contributed by atoms with Crippen LogP contribution in [0.25, 0.3) is 0 Å². The van der Waals surface area contributed by atoms with Crippen LogP contribution in [-0.2, 0) is 14.3 Å². The lowest BCUT2D eigenvalue weighted by atomic mass is 10.3. The Bertz CT molecular complexity index is 167. The fourth-order valence-corrected chi connectivity index (χ4v) is 1.03. The molecule has 3 N–H and O–H groups in total. The van der Waals surface area contributed by atoms with Crippen LogP contribution in [0.4, 0.5) is 0 Å². The minimum absolute atomic E-state index is 0.0311. The summed E-state index contributed by atoms with van der Waals surface area (Å²) in [6.07, 6.45) is -0.0311. The Morgan fingerprint density at radius 2 is 2.46 bits per heavy atom. The summed E-state index contributed by atoms with van der Waals surface area (Å²) in [5, 5.41) is 2.68. The first-order valence-corrected chi connectivity index (χ1v) is 4.43. The van der Waals surface area contributed by atoms with Gasteiger partial charge in [0.2, 0.25) is 5.91 Å². The van der Waals surface area contributed by atoms with Gasteiger partial charge in [-0.2, -0.15) is 0 Å². The smallest absolute Gasteiger partial charge is 0.236 e. The van der Waals surface area contributed by atoms with Crippen molar-refractivity contribution in [3.63, 3.8) is 0 Å². The molecule has 0 aliphatic carbocycles.